The second kappa shape index (κ2) is 15.8. The van der Waals surface area contributed by atoms with Crippen LogP contribution in [-0.4, -0.2) is 55.7 Å². The van der Waals surface area contributed by atoms with Crippen LogP contribution in [0.1, 0.15) is 23.7 Å². The summed E-state index contributed by atoms with van der Waals surface area (Å²) in [5.41, 5.74) is 4.81. The highest BCUT2D eigenvalue weighted by Gasteiger charge is 2.39. The van der Waals surface area contributed by atoms with Gasteiger partial charge in [0.1, 0.15) is 5.54 Å². The molecule has 0 aliphatic rings. The summed E-state index contributed by atoms with van der Waals surface area (Å²) in [5.74, 6) is -5.51. The number of imidazole rings is 1. The van der Waals surface area contributed by atoms with Gasteiger partial charge in [-0.3, -0.25) is 4.79 Å². The van der Waals surface area contributed by atoms with Gasteiger partial charge in [-0.2, -0.15) is 26.3 Å². The number of nitrogens with one attached hydrogen (secondary N) is 1. The van der Waals surface area contributed by atoms with Gasteiger partial charge in [0.05, 0.1) is 23.7 Å². The molecule has 0 saturated carbocycles. The molecule has 3 N–H and O–H groups in total. The van der Waals surface area contributed by atoms with E-state index in [0.29, 0.717) is 10.0 Å². The molecule has 0 saturated heterocycles. The van der Waals surface area contributed by atoms with Crippen LogP contribution in [0, 0.1) is 0 Å². The van der Waals surface area contributed by atoms with Crippen molar-refractivity contribution in [2.24, 2.45) is 7.05 Å². The monoisotopic (exact) mass is 744 g/mol. The van der Waals surface area contributed by atoms with Crippen LogP contribution >= 0.6 is 23.2 Å². The Labute approximate surface area is 290 Å². The molecule has 1 atom stereocenters. The Hall–Kier alpha value is -4.86. The molecule has 2 heterocycles. The van der Waals surface area contributed by atoms with Crippen LogP contribution in [0.4, 0.5) is 26.3 Å². The van der Waals surface area contributed by atoms with Crippen LogP contribution in [0.2, 0.25) is 10.0 Å². The summed E-state index contributed by atoms with van der Waals surface area (Å²) in [5, 5.41) is 20.1. The van der Waals surface area contributed by atoms with Crippen molar-refractivity contribution >= 4 is 46.0 Å². The van der Waals surface area contributed by atoms with Crippen LogP contribution in [0.25, 0.3) is 22.0 Å². The highest BCUT2D eigenvalue weighted by atomic mass is 35.5. The predicted octanol–water partition coefficient (Wildman–Crippen LogP) is 7.51. The molecule has 1 unspecified atom stereocenters. The molecule has 0 spiro atoms. The number of aliphatic carboxylic acids is 2. The van der Waals surface area contributed by atoms with Gasteiger partial charge in [-0.25, -0.2) is 14.6 Å². The summed E-state index contributed by atoms with van der Waals surface area (Å²) >= 11 is 12.6. The van der Waals surface area contributed by atoms with E-state index in [1.54, 1.807) is 17.7 Å². The summed E-state index contributed by atoms with van der Waals surface area (Å²) in [6.07, 6.45) is -6.42. The minimum Gasteiger partial charge on any atom is -0.475 e. The van der Waals surface area contributed by atoms with Crippen molar-refractivity contribution in [3.8, 4) is 11.1 Å². The maximum absolute atomic E-state index is 12.9. The number of pyridine rings is 1. The van der Waals surface area contributed by atoms with E-state index in [0.717, 1.165) is 45.4 Å². The second-order valence-corrected chi connectivity index (χ2v) is 11.2. The molecule has 5 aromatic rings. The predicted molar refractivity (Wildman–Crippen MR) is 175 cm³/mol. The zero-order valence-corrected chi connectivity index (χ0v) is 27.8. The SMILES string of the molecule is CCn1cncc1C(NC)(c1ccc(Cl)cc1)c1ccc2c(c1)c(-c1cccc(Cl)c1)cc(=O)n2C.O=C(O)C(F)(F)F.O=C(O)C(F)(F)F. The fraction of sp³-hybridized carbons (Fsp3) is 0.212. The lowest BCUT2D eigenvalue weighted by atomic mass is 9.79. The maximum Gasteiger partial charge on any atom is 0.490 e. The minimum atomic E-state index is -5.08. The number of fused-ring (bicyclic) bond motifs is 1. The van der Waals surface area contributed by atoms with E-state index in [4.69, 9.17) is 43.0 Å². The summed E-state index contributed by atoms with van der Waals surface area (Å²) < 4.78 is 67.3. The molecule has 0 fully saturated rings. The summed E-state index contributed by atoms with van der Waals surface area (Å²) in [7, 11) is 3.74. The Kier molecular flexibility index (Phi) is 12.5. The van der Waals surface area contributed by atoms with Crippen LogP contribution in [-0.2, 0) is 28.7 Å². The first kappa shape index (κ1) is 39.6. The smallest absolute Gasteiger partial charge is 0.475 e. The quantitative estimate of drug-likeness (QED) is 0.154. The molecular formula is C33H28Cl2F6N4O5. The van der Waals surface area contributed by atoms with Crippen LogP contribution < -0.4 is 10.9 Å². The minimum absolute atomic E-state index is 0.0770. The number of hydrogen-bond acceptors (Lipinski definition) is 5. The molecule has 9 nitrogen and oxygen atoms in total. The van der Waals surface area contributed by atoms with Crippen LogP contribution in [0.15, 0.2) is 90.1 Å². The van der Waals surface area contributed by atoms with Crippen molar-refractivity contribution in [2.75, 3.05) is 7.05 Å². The third kappa shape index (κ3) is 8.83. The molecule has 17 heteroatoms. The largest absolute Gasteiger partial charge is 0.490 e. The number of nitrogens with zero attached hydrogens (tertiary/aromatic N) is 3. The fourth-order valence-electron chi connectivity index (χ4n) is 5.05. The Morgan fingerprint density at radius 3 is 1.90 bits per heavy atom. The molecule has 0 radical (unpaired) electrons. The van der Waals surface area contributed by atoms with Gasteiger partial charge in [0.2, 0.25) is 0 Å². The number of carbonyl (C=O) groups is 2. The fourth-order valence-corrected chi connectivity index (χ4v) is 5.37. The highest BCUT2D eigenvalue weighted by Crippen LogP contribution is 2.39. The van der Waals surface area contributed by atoms with E-state index >= 15 is 0 Å². The molecule has 0 aliphatic heterocycles. The molecule has 3 aromatic carbocycles. The zero-order chi connectivity index (χ0) is 37.6. The standard InChI is InChI=1S/C29H26Cl2N4O.2C2HF3O2/c1-4-35-18-33-17-27(35)29(32-2,20-8-11-22(30)12-9-20)21-10-13-26-25(15-21)24(16-28(36)34(26)3)19-6-5-7-23(31)14-19;2*3-2(4,5)1(6)7/h5-18,32H,4H2,1-3H3;2*(H,6,7). The summed E-state index contributed by atoms with van der Waals surface area (Å²) in [4.78, 5) is 35.1. The number of alkyl halides is 6. The van der Waals surface area contributed by atoms with Gasteiger partial charge in [0.15, 0.2) is 0 Å². The van der Waals surface area contributed by atoms with Crippen molar-refractivity contribution in [3.63, 3.8) is 0 Å². The van der Waals surface area contributed by atoms with E-state index < -0.39 is 29.8 Å². The van der Waals surface area contributed by atoms with E-state index in [2.05, 4.69) is 33.9 Å². The first-order chi connectivity index (χ1) is 23.3. The topological polar surface area (TPSA) is 126 Å². The highest BCUT2D eigenvalue weighted by molar-refractivity contribution is 6.31. The van der Waals surface area contributed by atoms with Crippen LogP contribution in [0.3, 0.4) is 0 Å². The van der Waals surface area contributed by atoms with Crippen molar-refractivity contribution in [2.45, 2.75) is 31.4 Å². The summed E-state index contributed by atoms with van der Waals surface area (Å²) in [6, 6.07) is 23.4. The number of carboxylic acids is 2. The first-order valence-electron chi connectivity index (χ1n) is 14.2. The molecule has 2 aromatic heterocycles. The third-order valence-electron chi connectivity index (χ3n) is 7.39. The Balaban J connectivity index is 0.000000408. The Bertz CT molecular complexity index is 2020. The normalized spacial score (nSPS) is 12.6. The van der Waals surface area contributed by atoms with Crippen molar-refractivity contribution in [3.05, 3.63) is 123 Å². The van der Waals surface area contributed by atoms with Gasteiger partial charge in [-0.05, 0) is 72.6 Å². The molecular weight excluding hydrogens is 717 g/mol. The number of carboxylic acid groups (broad SMARTS) is 2. The number of halogens is 8. The van der Waals surface area contributed by atoms with Gasteiger partial charge in [-0.15, -0.1) is 0 Å². The van der Waals surface area contributed by atoms with E-state index in [9.17, 15) is 31.1 Å². The molecule has 50 heavy (non-hydrogen) atoms. The molecule has 266 valence electrons. The zero-order valence-electron chi connectivity index (χ0n) is 26.3. The molecule has 0 aliphatic carbocycles. The van der Waals surface area contributed by atoms with Crippen molar-refractivity contribution < 1.29 is 46.1 Å². The molecule has 0 bridgehead atoms. The van der Waals surface area contributed by atoms with E-state index in [1.807, 2.05) is 74.2 Å². The Morgan fingerprint density at radius 1 is 0.840 bits per heavy atom. The lowest BCUT2D eigenvalue weighted by molar-refractivity contribution is -0.193. The number of rotatable bonds is 6. The van der Waals surface area contributed by atoms with Crippen molar-refractivity contribution in [1.29, 1.82) is 0 Å². The second-order valence-electron chi connectivity index (χ2n) is 10.4. The Morgan fingerprint density at radius 2 is 1.40 bits per heavy atom. The number of benzene rings is 3. The van der Waals surface area contributed by atoms with Gasteiger partial charge in [0, 0.05) is 35.1 Å². The maximum atomic E-state index is 12.9. The van der Waals surface area contributed by atoms with Gasteiger partial charge in [0.25, 0.3) is 5.56 Å². The summed E-state index contributed by atoms with van der Waals surface area (Å²) in [6.45, 7) is 2.86. The first-order valence-corrected chi connectivity index (χ1v) is 15.0. The molecule has 0 amide bonds. The van der Waals surface area contributed by atoms with E-state index in [-0.39, 0.29) is 5.56 Å². The lowest BCUT2D eigenvalue weighted by Gasteiger charge is -2.36. The number of aromatic nitrogens is 3. The van der Waals surface area contributed by atoms with E-state index in [1.165, 1.54) is 0 Å². The lowest BCUT2D eigenvalue weighted by Crippen LogP contribution is -2.44. The third-order valence-corrected chi connectivity index (χ3v) is 7.88. The molecule has 5 rings (SSSR count). The van der Waals surface area contributed by atoms with Crippen molar-refractivity contribution in [1.82, 2.24) is 19.4 Å². The average Bonchev–Trinajstić information content (AvgIpc) is 3.53. The van der Waals surface area contributed by atoms with Gasteiger partial charge >= 0.3 is 24.3 Å². The van der Waals surface area contributed by atoms with Crippen LogP contribution in [0.5, 0.6) is 0 Å². The number of hydrogen-bond donors (Lipinski definition) is 3. The van der Waals surface area contributed by atoms with Gasteiger partial charge < -0.3 is 24.7 Å². The average molecular weight is 746 g/mol. The van der Waals surface area contributed by atoms with Gasteiger partial charge in [-0.1, -0.05) is 53.5 Å². The number of aryl methyl sites for hydroxylation is 2.